The number of hydrogen-bond donors (Lipinski definition) is 1. The van der Waals surface area contributed by atoms with Gasteiger partial charge in [0.05, 0.1) is 12.0 Å². The molecule has 1 aliphatic heterocycles. The van der Waals surface area contributed by atoms with E-state index in [1.54, 1.807) is 33.2 Å². The second-order valence-electron chi connectivity index (χ2n) is 7.02. The van der Waals surface area contributed by atoms with E-state index in [9.17, 15) is 14.9 Å². The predicted molar refractivity (Wildman–Crippen MR) is 132 cm³/mol. The average molecular weight is 467 g/mol. The summed E-state index contributed by atoms with van der Waals surface area (Å²) in [6.45, 7) is 6.12. The number of amides is 1. The molecular formula is C23H22N4O3S2. The van der Waals surface area contributed by atoms with Gasteiger partial charge < -0.3 is 10.1 Å². The lowest BCUT2D eigenvalue weighted by Crippen LogP contribution is -2.28. The molecule has 1 amide bonds. The number of pyridine rings is 1. The first-order chi connectivity index (χ1) is 15.3. The van der Waals surface area contributed by atoms with Crippen LogP contribution in [0.3, 0.4) is 0 Å². The fourth-order valence-corrected chi connectivity index (χ4v) is 4.55. The summed E-state index contributed by atoms with van der Waals surface area (Å²) in [6.07, 6.45) is 3.30. The van der Waals surface area contributed by atoms with E-state index >= 15 is 0 Å². The first-order valence-corrected chi connectivity index (χ1v) is 10.9. The molecule has 9 heteroatoms. The third-order valence-corrected chi connectivity index (χ3v) is 6.46. The SMILES string of the molecule is C=CCN1C(=O)/C(=C\c2c(C)c(C#N)c(=O)n(C)c2NCc2ccc(OC)cc2)SC1=S. The zero-order valence-electron chi connectivity index (χ0n) is 18.0. The van der Waals surface area contributed by atoms with Crippen LogP contribution in [0.25, 0.3) is 6.08 Å². The molecule has 1 fully saturated rings. The number of anilines is 1. The van der Waals surface area contributed by atoms with Crippen LogP contribution in [0.1, 0.15) is 22.3 Å². The van der Waals surface area contributed by atoms with Gasteiger partial charge in [-0.2, -0.15) is 5.26 Å². The normalized spacial score (nSPS) is 14.6. The molecule has 0 spiro atoms. The van der Waals surface area contributed by atoms with Gasteiger partial charge in [-0.3, -0.25) is 19.1 Å². The Labute approximate surface area is 196 Å². The maximum Gasteiger partial charge on any atom is 0.270 e. The minimum atomic E-state index is -0.404. The van der Waals surface area contributed by atoms with E-state index in [0.29, 0.717) is 39.3 Å². The Morgan fingerprint density at radius 2 is 2.00 bits per heavy atom. The Balaban J connectivity index is 2.06. The number of methoxy groups -OCH3 is 1. The number of nitrogens with zero attached hydrogens (tertiary/aromatic N) is 3. The highest BCUT2D eigenvalue weighted by Gasteiger charge is 2.31. The molecule has 1 saturated heterocycles. The highest BCUT2D eigenvalue weighted by molar-refractivity contribution is 8.26. The molecule has 2 aromatic rings. The summed E-state index contributed by atoms with van der Waals surface area (Å²) >= 11 is 6.50. The van der Waals surface area contributed by atoms with E-state index < -0.39 is 5.56 Å². The molecule has 1 aromatic heterocycles. The summed E-state index contributed by atoms with van der Waals surface area (Å²) in [4.78, 5) is 27.4. The number of hydrogen-bond acceptors (Lipinski definition) is 7. The van der Waals surface area contributed by atoms with Gasteiger partial charge in [0.1, 0.15) is 27.5 Å². The number of nitriles is 1. The Kier molecular flexibility index (Phi) is 7.18. The van der Waals surface area contributed by atoms with Crippen LogP contribution in [-0.4, -0.2) is 33.3 Å². The summed E-state index contributed by atoms with van der Waals surface area (Å²) in [5.41, 5.74) is 1.70. The monoisotopic (exact) mass is 466 g/mol. The lowest BCUT2D eigenvalue weighted by atomic mass is 10.0. The van der Waals surface area contributed by atoms with E-state index in [-0.39, 0.29) is 11.5 Å². The number of rotatable bonds is 7. The fourth-order valence-electron chi connectivity index (χ4n) is 3.29. The molecule has 0 radical (unpaired) electrons. The van der Waals surface area contributed by atoms with E-state index in [1.165, 1.54) is 21.2 Å². The Morgan fingerprint density at radius 1 is 1.31 bits per heavy atom. The van der Waals surface area contributed by atoms with Crippen molar-refractivity contribution < 1.29 is 9.53 Å². The average Bonchev–Trinajstić information content (AvgIpc) is 3.05. The minimum Gasteiger partial charge on any atom is -0.497 e. The number of aromatic nitrogens is 1. The molecule has 7 nitrogen and oxygen atoms in total. The van der Waals surface area contributed by atoms with Crippen LogP contribution >= 0.6 is 24.0 Å². The molecule has 3 rings (SSSR count). The maximum atomic E-state index is 12.8. The highest BCUT2D eigenvalue weighted by atomic mass is 32.2. The highest BCUT2D eigenvalue weighted by Crippen LogP contribution is 2.34. The molecule has 164 valence electrons. The van der Waals surface area contributed by atoms with Crippen LogP contribution in [0.2, 0.25) is 0 Å². The number of thiocarbonyl (C=S) groups is 1. The fraction of sp³-hybridized carbons (Fsp3) is 0.217. The van der Waals surface area contributed by atoms with E-state index in [1.807, 2.05) is 30.3 Å². The number of thioether (sulfide) groups is 1. The summed E-state index contributed by atoms with van der Waals surface area (Å²) in [6, 6.07) is 9.53. The number of carbonyl (C=O) groups is 1. The zero-order chi connectivity index (χ0) is 23.4. The minimum absolute atomic E-state index is 0.0373. The molecule has 0 aliphatic carbocycles. The van der Waals surface area contributed by atoms with E-state index in [4.69, 9.17) is 17.0 Å². The van der Waals surface area contributed by atoms with Crippen molar-refractivity contribution in [3.8, 4) is 11.8 Å². The van der Waals surface area contributed by atoms with Crippen molar-refractivity contribution in [3.05, 3.63) is 74.4 Å². The van der Waals surface area contributed by atoms with Crippen molar-refractivity contribution in [2.45, 2.75) is 13.5 Å². The number of nitrogens with one attached hydrogen (secondary N) is 1. The standard InChI is InChI=1S/C23H22N4O3S2/c1-5-10-27-22(29)19(32-23(27)31)11-17-14(2)18(12-24)21(28)26(3)20(17)25-13-15-6-8-16(30-4)9-7-15/h5-9,11,25H,1,10,13H2,2-4H3/b19-11+. The summed E-state index contributed by atoms with van der Waals surface area (Å²) < 4.78 is 7.02. The van der Waals surface area contributed by atoms with Crippen LogP contribution < -0.4 is 15.6 Å². The zero-order valence-corrected chi connectivity index (χ0v) is 19.6. The van der Waals surface area contributed by atoms with Gasteiger partial charge in [0.15, 0.2) is 0 Å². The predicted octanol–water partition coefficient (Wildman–Crippen LogP) is 3.57. The summed E-state index contributed by atoms with van der Waals surface area (Å²) in [7, 11) is 3.20. The molecule has 0 atom stereocenters. The lowest BCUT2D eigenvalue weighted by Gasteiger charge is -2.18. The molecule has 1 N–H and O–H groups in total. The van der Waals surface area contributed by atoms with Crippen LogP contribution in [0, 0.1) is 18.3 Å². The van der Waals surface area contributed by atoms with Gasteiger partial charge >= 0.3 is 0 Å². The van der Waals surface area contributed by atoms with Gasteiger partial charge in [0.2, 0.25) is 0 Å². The summed E-state index contributed by atoms with van der Waals surface area (Å²) in [5.74, 6) is 1.03. The van der Waals surface area contributed by atoms with Gasteiger partial charge in [-0.25, -0.2) is 0 Å². The number of carbonyl (C=O) groups excluding carboxylic acids is 1. The van der Waals surface area contributed by atoms with Gasteiger partial charge in [-0.15, -0.1) is 6.58 Å². The van der Waals surface area contributed by atoms with Gasteiger partial charge in [0, 0.05) is 25.7 Å². The number of ether oxygens (including phenoxy) is 1. The Hall–Kier alpha value is -3.35. The first kappa shape index (κ1) is 23.3. The molecule has 0 bridgehead atoms. The third kappa shape index (κ3) is 4.47. The smallest absolute Gasteiger partial charge is 0.270 e. The van der Waals surface area contributed by atoms with Gasteiger partial charge in [-0.1, -0.05) is 42.2 Å². The topological polar surface area (TPSA) is 87.4 Å². The molecule has 32 heavy (non-hydrogen) atoms. The van der Waals surface area contributed by atoms with E-state index in [0.717, 1.165) is 11.3 Å². The van der Waals surface area contributed by atoms with Crippen molar-refractivity contribution >= 4 is 46.1 Å². The molecule has 0 unspecified atom stereocenters. The molecule has 1 aromatic carbocycles. The van der Waals surface area contributed by atoms with Crippen LogP contribution in [0.4, 0.5) is 5.82 Å². The summed E-state index contributed by atoms with van der Waals surface area (Å²) in [5, 5.41) is 12.8. The van der Waals surface area contributed by atoms with Gasteiger partial charge in [0.25, 0.3) is 11.5 Å². The molecular weight excluding hydrogens is 444 g/mol. The maximum absolute atomic E-state index is 12.8. The Bertz CT molecular complexity index is 1220. The molecule has 2 heterocycles. The number of benzene rings is 1. The van der Waals surface area contributed by atoms with E-state index in [2.05, 4.69) is 11.9 Å². The molecule has 0 saturated carbocycles. The largest absolute Gasteiger partial charge is 0.497 e. The first-order valence-electron chi connectivity index (χ1n) is 9.69. The second-order valence-corrected chi connectivity index (χ2v) is 8.70. The van der Waals surface area contributed by atoms with Crippen LogP contribution in [-0.2, 0) is 18.4 Å². The molecule has 1 aliphatic rings. The lowest BCUT2D eigenvalue weighted by molar-refractivity contribution is -0.121. The van der Waals surface area contributed by atoms with Crippen molar-refractivity contribution in [1.82, 2.24) is 9.47 Å². The van der Waals surface area contributed by atoms with Crippen molar-refractivity contribution in [2.75, 3.05) is 19.0 Å². The van der Waals surface area contributed by atoms with Crippen molar-refractivity contribution in [3.63, 3.8) is 0 Å². The quantitative estimate of drug-likeness (QED) is 0.379. The van der Waals surface area contributed by atoms with Crippen molar-refractivity contribution in [1.29, 1.82) is 5.26 Å². The van der Waals surface area contributed by atoms with Crippen LogP contribution in [0.5, 0.6) is 5.75 Å². The third-order valence-electron chi connectivity index (χ3n) is 5.08. The second kappa shape index (κ2) is 9.85. The Morgan fingerprint density at radius 3 is 2.59 bits per heavy atom. The van der Waals surface area contributed by atoms with Crippen molar-refractivity contribution in [2.24, 2.45) is 7.05 Å². The van der Waals surface area contributed by atoms with Crippen LogP contribution in [0.15, 0.2) is 46.6 Å². The van der Waals surface area contributed by atoms with Gasteiger partial charge in [-0.05, 0) is 36.3 Å².